The van der Waals surface area contributed by atoms with Crippen LogP contribution in [0.3, 0.4) is 0 Å². The highest BCUT2D eigenvalue weighted by Gasteiger charge is 2.11. The number of amides is 1. The lowest BCUT2D eigenvalue weighted by Gasteiger charge is -2.12. The minimum Gasteiger partial charge on any atom is -0.380 e. The summed E-state index contributed by atoms with van der Waals surface area (Å²) in [5.41, 5.74) is 3.45. The fourth-order valence-corrected chi connectivity index (χ4v) is 2.40. The average molecular weight is 328 g/mol. The second kappa shape index (κ2) is 7.75. The van der Waals surface area contributed by atoms with Gasteiger partial charge in [-0.2, -0.15) is 5.26 Å². The zero-order valence-electron chi connectivity index (χ0n) is 13.4. The number of carbonyl (C=O) groups is 1. The monoisotopic (exact) mass is 328 g/mol. The lowest BCUT2D eigenvalue weighted by molar-refractivity contribution is 0.102. The Morgan fingerprint density at radius 2 is 1.84 bits per heavy atom. The van der Waals surface area contributed by atoms with Gasteiger partial charge in [-0.15, -0.1) is 0 Å². The number of anilines is 2. The second-order valence-corrected chi connectivity index (χ2v) is 5.40. The molecule has 1 amide bonds. The molecule has 0 spiro atoms. The number of rotatable bonds is 5. The van der Waals surface area contributed by atoms with E-state index in [0.717, 1.165) is 11.3 Å². The Labute approximate surface area is 146 Å². The van der Waals surface area contributed by atoms with Gasteiger partial charge in [-0.05, 0) is 48.0 Å². The molecule has 0 aliphatic carbocycles. The molecule has 1 heterocycles. The zero-order valence-corrected chi connectivity index (χ0v) is 13.4. The van der Waals surface area contributed by atoms with E-state index < -0.39 is 0 Å². The Morgan fingerprint density at radius 1 is 1.04 bits per heavy atom. The molecule has 3 rings (SSSR count). The standard InChI is InChI=1S/C20H16N4O/c21-13-16-4-3-5-17(12-16)24-20(25)18-6-1-2-7-19(18)23-14-15-8-10-22-11-9-15/h1-12,23H,14H2,(H,24,25). The van der Waals surface area contributed by atoms with Crippen LogP contribution < -0.4 is 10.6 Å². The number of nitriles is 1. The van der Waals surface area contributed by atoms with Crippen LogP contribution in [0.25, 0.3) is 0 Å². The Kier molecular flexibility index (Phi) is 5.03. The van der Waals surface area contributed by atoms with Crippen LogP contribution in [0.2, 0.25) is 0 Å². The van der Waals surface area contributed by atoms with Crippen molar-refractivity contribution >= 4 is 17.3 Å². The van der Waals surface area contributed by atoms with Gasteiger partial charge in [0, 0.05) is 30.3 Å². The summed E-state index contributed by atoms with van der Waals surface area (Å²) in [6, 6.07) is 20.1. The Bertz CT molecular complexity index is 916. The lowest BCUT2D eigenvalue weighted by atomic mass is 10.1. The molecule has 0 aliphatic heterocycles. The summed E-state index contributed by atoms with van der Waals surface area (Å²) < 4.78 is 0. The number of nitrogens with zero attached hydrogens (tertiary/aromatic N) is 2. The highest BCUT2D eigenvalue weighted by Crippen LogP contribution is 2.19. The third-order valence-corrected chi connectivity index (χ3v) is 3.65. The van der Waals surface area contributed by atoms with E-state index in [2.05, 4.69) is 21.7 Å². The van der Waals surface area contributed by atoms with Crippen molar-refractivity contribution < 1.29 is 4.79 Å². The third-order valence-electron chi connectivity index (χ3n) is 3.65. The molecule has 0 saturated heterocycles. The number of hydrogen-bond donors (Lipinski definition) is 2. The van der Waals surface area contributed by atoms with Crippen LogP contribution in [0.1, 0.15) is 21.5 Å². The van der Waals surface area contributed by atoms with Crippen molar-refractivity contribution in [3.8, 4) is 6.07 Å². The average Bonchev–Trinajstić information content (AvgIpc) is 2.67. The SMILES string of the molecule is N#Cc1cccc(NC(=O)c2ccccc2NCc2ccncc2)c1. The Balaban J connectivity index is 1.75. The molecule has 3 aromatic rings. The van der Waals surface area contributed by atoms with Gasteiger partial charge in [0.1, 0.15) is 0 Å². The summed E-state index contributed by atoms with van der Waals surface area (Å²) in [4.78, 5) is 16.6. The van der Waals surface area contributed by atoms with Gasteiger partial charge in [0.15, 0.2) is 0 Å². The fourth-order valence-electron chi connectivity index (χ4n) is 2.40. The molecule has 0 bridgehead atoms. The van der Waals surface area contributed by atoms with Crippen molar-refractivity contribution in [2.45, 2.75) is 6.54 Å². The van der Waals surface area contributed by atoms with Crippen LogP contribution in [0.15, 0.2) is 73.1 Å². The summed E-state index contributed by atoms with van der Waals surface area (Å²) in [6.45, 7) is 0.594. The van der Waals surface area contributed by atoms with Gasteiger partial charge < -0.3 is 10.6 Å². The minimum absolute atomic E-state index is 0.229. The van der Waals surface area contributed by atoms with Crippen molar-refractivity contribution in [2.24, 2.45) is 0 Å². The minimum atomic E-state index is -0.229. The van der Waals surface area contributed by atoms with Crippen molar-refractivity contribution in [1.29, 1.82) is 5.26 Å². The molecule has 5 nitrogen and oxygen atoms in total. The lowest BCUT2D eigenvalue weighted by Crippen LogP contribution is -2.14. The van der Waals surface area contributed by atoms with Gasteiger partial charge in [0.25, 0.3) is 5.91 Å². The predicted molar refractivity (Wildman–Crippen MR) is 97.1 cm³/mol. The van der Waals surface area contributed by atoms with Crippen LogP contribution in [0, 0.1) is 11.3 Å². The van der Waals surface area contributed by atoms with E-state index in [0.29, 0.717) is 23.4 Å². The molecule has 25 heavy (non-hydrogen) atoms. The molecule has 0 atom stereocenters. The number of carbonyl (C=O) groups excluding carboxylic acids is 1. The quantitative estimate of drug-likeness (QED) is 0.746. The molecule has 0 fully saturated rings. The maximum Gasteiger partial charge on any atom is 0.257 e. The topological polar surface area (TPSA) is 77.8 Å². The van der Waals surface area contributed by atoms with E-state index in [-0.39, 0.29) is 5.91 Å². The second-order valence-electron chi connectivity index (χ2n) is 5.40. The number of para-hydroxylation sites is 1. The number of benzene rings is 2. The van der Waals surface area contributed by atoms with Crippen LogP contribution in [-0.2, 0) is 6.54 Å². The summed E-state index contributed by atoms with van der Waals surface area (Å²) in [6.07, 6.45) is 3.47. The Morgan fingerprint density at radius 3 is 2.64 bits per heavy atom. The van der Waals surface area contributed by atoms with Gasteiger partial charge >= 0.3 is 0 Å². The normalized spacial score (nSPS) is 9.88. The molecule has 0 unspecified atom stereocenters. The van der Waals surface area contributed by atoms with E-state index in [1.807, 2.05) is 30.3 Å². The molecule has 2 N–H and O–H groups in total. The molecule has 5 heteroatoms. The van der Waals surface area contributed by atoms with Crippen LogP contribution in [0.5, 0.6) is 0 Å². The van der Waals surface area contributed by atoms with Gasteiger partial charge in [-0.25, -0.2) is 0 Å². The molecule has 122 valence electrons. The van der Waals surface area contributed by atoms with E-state index >= 15 is 0 Å². The summed E-state index contributed by atoms with van der Waals surface area (Å²) >= 11 is 0. The molecule has 0 radical (unpaired) electrons. The van der Waals surface area contributed by atoms with Gasteiger partial charge in [-0.3, -0.25) is 9.78 Å². The first-order valence-electron chi connectivity index (χ1n) is 7.79. The maximum absolute atomic E-state index is 12.6. The molecule has 0 saturated carbocycles. The summed E-state index contributed by atoms with van der Waals surface area (Å²) in [7, 11) is 0. The highest BCUT2D eigenvalue weighted by molar-refractivity contribution is 6.08. The number of nitrogens with one attached hydrogen (secondary N) is 2. The first-order chi connectivity index (χ1) is 12.3. The van der Waals surface area contributed by atoms with Crippen molar-refractivity contribution in [3.05, 3.63) is 89.7 Å². The fraction of sp³-hybridized carbons (Fsp3) is 0.0500. The number of hydrogen-bond acceptors (Lipinski definition) is 4. The first kappa shape index (κ1) is 16.2. The maximum atomic E-state index is 12.6. The van der Waals surface area contributed by atoms with Gasteiger partial charge in [0.05, 0.1) is 17.2 Å². The van der Waals surface area contributed by atoms with Crippen molar-refractivity contribution in [1.82, 2.24) is 4.98 Å². The largest absolute Gasteiger partial charge is 0.380 e. The van der Waals surface area contributed by atoms with Gasteiger partial charge in [0.2, 0.25) is 0 Å². The molecule has 2 aromatic carbocycles. The highest BCUT2D eigenvalue weighted by atomic mass is 16.1. The summed E-state index contributed by atoms with van der Waals surface area (Å²) in [5.74, 6) is -0.229. The molecular weight excluding hydrogens is 312 g/mol. The third kappa shape index (κ3) is 4.21. The van der Waals surface area contributed by atoms with E-state index in [1.165, 1.54) is 0 Å². The van der Waals surface area contributed by atoms with Crippen molar-refractivity contribution in [3.63, 3.8) is 0 Å². The van der Waals surface area contributed by atoms with E-state index in [9.17, 15) is 4.79 Å². The van der Waals surface area contributed by atoms with Crippen LogP contribution in [0.4, 0.5) is 11.4 Å². The number of pyridine rings is 1. The van der Waals surface area contributed by atoms with Crippen molar-refractivity contribution in [2.75, 3.05) is 10.6 Å². The molecular formula is C20H16N4O. The smallest absolute Gasteiger partial charge is 0.257 e. The predicted octanol–water partition coefficient (Wildman–Crippen LogP) is 3.82. The first-order valence-corrected chi connectivity index (χ1v) is 7.79. The molecule has 0 aliphatic rings. The van der Waals surface area contributed by atoms with Gasteiger partial charge in [-0.1, -0.05) is 18.2 Å². The molecule has 1 aromatic heterocycles. The zero-order chi connectivity index (χ0) is 17.5. The number of aromatic nitrogens is 1. The van der Waals surface area contributed by atoms with E-state index in [4.69, 9.17) is 5.26 Å². The van der Waals surface area contributed by atoms with Crippen LogP contribution >= 0.6 is 0 Å². The Hall–Kier alpha value is -3.65. The van der Waals surface area contributed by atoms with Crippen LogP contribution in [-0.4, -0.2) is 10.9 Å². The summed E-state index contributed by atoms with van der Waals surface area (Å²) in [5, 5.41) is 15.1. The van der Waals surface area contributed by atoms with E-state index in [1.54, 1.807) is 42.7 Å².